The van der Waals surface area contributed by atoms with Crippen LogP contribution in [-0.2, 0) is 26.2 Å². The van der Waals surface area contributed by atoms with E-state index in [0.29, 0.717) is 16.5 Å². The minimum atomic E-state index is -4.20. The topological polar surface area (TPSA) is 105 Å². The van der Waals surface area contributed by atoms with Crippen molar-refractivity contribution in [2.24, 2.45) is 0 Å². The van der Waals surface area contributed by atoms with Crippen molar-refractivity contribution in [1.82, 2.24) is 10.2 Å². The standard InChI is InChI=1S/C29H34ClN3O6S/c1-20(2)31-29(35)21(3)32(18-22-6-12-25(38-4)13-7-22)28(34)19-33(24-10-8-23(30)9-11-24)40(36,37)27-16-14-26(39-5)15-17-27/h6-17,20-21H,18-19H2,1-5H3,(H,31,35). The fourth-order valence-electron chi connectivity index (χ4n) is 3.93. The molecule has 0 fully saturated rings. The molecule has 2 amide bonds. The Balaban J connectivity index is 2.01. The zero-order valence-corrected chi connectivity index (χ0v) is 24.7. The smallest absolute Gasteiger partial charge is 0.264 e. The fraction of sp³-hybridized carbons (Fsp3) is 0.310. The highest BCUT2D eigenvalue weighted by Gasteiger charge is 2.32. The van der Waals surface area contributed by atoms with Gasteiger partial charge in [-0.3, -0.25) is 13.9 Å². The van der Waals surface area contributed by atoms with Crippen molar-refractivity contribution in [3.63, 3.8) is 0 Å². The van der Waals surface area contributed by atoms with Gasteiger partial charge in [-0.15, -0.1) is 0 Å². The number of amides is 2. The largest absolute Gasteiger partial charge is 0.497 e. The SMILES string of the molecule is COc1ccc(CN(C(=O)CN(c2ccc(Cl)cc2)S(=O)(=O)c2ccc(OC)cc2)C(C)C(=O)NC(C)C)cc1. The molecule has 1 N–H and O–H groups in total. The number of methoxy groups -OCH3 is 2. The molecule has 0 saturated carbocycles. The molecule has 3 aromatic carbocycles. The molecule has 0 radical (unpaired) electrons. The fourth-order valence-corrected chi connectivity index (χ4v) is 5.47. The van der Waals surface area contributed by atoms with Gasteiger partial charge in [0.15, 0.2) is 0 Å². The first-order valence-corrected chi connectivity index (χ1v) is 14.4. The van der Waals surface area contributed by atoms with E-state index in [1.807, 2.05) is 13.8 Å². The van der Waals surface area contributed by atoms with Crippen LogP contribution in [0.5, 0.6) is 11.5 Å². The van der Waals surface area contributed by atoms with Gasteiger partial charge in [-0.25, -0.2) is 8.42 Å². The zero-order chi connectivity index (χ0) is 29.4. The average Bonchev–Trinajstić information content (AvgIpc) is 2.94. The second kappa shape index (κ2) is 13.5. The van der Waals surface area contributed by atoms with Crippen molar-refractivity contribution < 1.29 is 27.5 Å². The molecule has 0 heterocycles. The van der Waals surface area contributed by atoms with Crippen LogP contribution in [0.4, 0.5) is 5.69 Å². The number of nitrogens with zero attached hydrogens (tertiary/aromatic N) is 2. The number of nitrogens with one attached hydrogen (secondary N) is 1. The summed E-state index contributed by atoms with van der Waals surface area (Å²) in [6, 6.07) is 18.1. The van der Waals surface area contributed by atoms with Crippen LogP contribution in [0.1, 0.15) is 26.3 Å². The predicted molar refractivity (Wildman–Crippen MR) is 155 cm³/mol. The highest BCUT2D eigenvalue weighted by molar-refractivity contribution is 7.92. The molecule has 214 valence electrons. The summed E-state index contributed by atoms with van der Waals surface area (Å²) in [5.74, 6) is 0.220. The van der Waals surface area contributed by atoms with Gasteiger partial charge in [0.05, 0.1) is 24.8 Å². The van der Waals surface area contributed by atoms with Gasteiger partial charge in [-0.1, -0.05) is 23.7 Å². The van der Waals surface area contributed by atoms with Crippen molar-refractivity contribution in [3.8, 4) is 11.5 Å². The summed E-state index contributed by atoms with van der Waals surface area (Å²) in [6.45, 7) is 4.79. The summed E-state index contributed by atoms with van der Waals surface area (Å²) in [7, 11) is -1.16. The minimum absolute atomic E-state index is 0.0247. The number of rotatable bonds is 12. The van der Waals surface area contributed by atoms with E-state index in [0.717, 1.165) is 9.87 Å². The summed E-state index contributed by atoms with van der Waals surface area (Å²) < 4.78 is 39.1. The van der Waals surface area contributed by atoms with E-state index in [1.165, 1.54) is 48.4 Å². The molecular weight excluding hydrogens is 554 g/mol. The van der Waals surface area contributed by atoms with Gasteiger partial charge < -0.3 is 19.7 Å². The molecule has 1 atom stereocenters. The minimum Gasteiger partial charge on any atom is -0.497 e. The van der Waals surface area contributed by atoms with E-state index in [9.17, 15) is 18.0 Å². The van der Waals surface area contributed by atoms with Gasteiger partial charge in [-0.2, -0.15) is 0 Å². The Labute approximate surface area is 240 Å². The second-order valence-corrected chi connectivity index (χ2v) is 11.7. The average molecular weight is 588 g/mol. The van der Waals surface area contributed by atoms with Crippen LogP contribution in [0.3, 0.4) is 0 Å². The maximum Gasteiger partial charge on any atom is 0.264 e. The van der Waals surface area contributed by atoms with Crippen molar-refractivity contribution in [2.75, 3.05) is 25.1 Å². The number of halogens is 1. The molecular formula is C29H34ClN3O6S. The quantitative estimate of drug-likeness (QED) is 0.335. The molecule has 0 aliphatic heterocycles. The van der Waals surface area contributed by atoms with E-state index in [-0.39, 0.29) is 29.1 Å². The number of hydrogen-bond acceptors (Lipinski definition) is 6. The maximum atomic E-state index is 13.9. The Morgan fingerprint density at radius 1 is 0.850 bits per heavy atom. The summed E-state index contributed by atoms with van der Waals surface area (Å²) >= 11 is 6.06. The van der Waals surface area contributed by atoms with Crippen molar-refractivity contribution >= 4 is 39.1 Å². The van der Waals surface area contributed by atoms with Crippen LogP contribution < -0.4 is 19.1 Å². The number of hydrogen-bond donors (Lipinski definition) is 1. The zero-order valence-electron chi connectivity index (χ0n) is 23.1. The lowest BCUT2D eigenvalue weighted by Crippen LogP contribution is -2.52. The van der Waals surface area contributed by atoms with Crippen LogP contribution >= 0.6 is 11.6 Å². The number of carbonyl (C=O) groups excluding carboxylic acids is 2. The number of carbonyl (C=O) groups is 2. The van der Waals surface area contributed by atoms with E-state index < -0.39 is 28.5 Å². The second-order valence-electron chi connectivity index (χ2n) is 9.37. The molecule has 11 heteroatoms. The van der Waals surface area contributed by atoms with Crippen molar-refractivity contribution in [1.29, 1.82) is 0 Å². The summed E-state index contributed by atoms with van der Waals surface area (Å²) in [5, 5.41) is 3.24. The Morgan fingerprint density at radius 3 is 1.88 bits per heavy atom. The van der Waals surface area contributed by atoms with Gasteiger partial charge in [0, 0.05) is 17.6 Å². The molecule has 3 aromatic rings. The third-order valence-corrected chi connectivity index (χ3v) is 8.19. The van der Waals surface area contributed by atoms with Crippen LogP contribution in [0.25, 0.3) is 0 Å². The molecule has 0 aromatic heterocycles. The highest BCUT2D eigenvalue weighted by Crippen LogP contribution is 2.27. The molecule has 9 nitrogen and oxygen atoms in total. The molecule has 40 heavy (non-hydrogen) atoms. The van der Waals surface area contributed by atoms with Gasteiger partial charge in [-0.05, 0) is 87.0 Å². The molecule has 0 bridgehead atoms. The van der Waals surface area contributed by atoms with Gasteiger partial charge in [0.25, 0.3) is 10.0 Å². The van der Waals surface area contributed by atoms with Crippen LogP contribution in [0.2, 0.25) is 5.02 Å². The van der Waals surface area contributed by atoms with Gasteiger partial charge >= 0.3 is 0 Å². The van der Waals surface area contributed by atoms with Crippen LogP contribution in [0.15, 0.2) is 77.7 Å². The monoisotopic (exact) mass is 587 g/mol. The molecule has 0 aliphatic carbocycles. The summed E-state index contributed by atoms with van der Waals surface area (Å²) in [4.78, 5) is 28.2. The molecule has 0 saturated heterocycles. The number of ether oxygens (including phenoxy) is 2. The lowest BCUT2D eigenvalue weighted by Gasteiger charge is -2.32. The van der Waals surface area contributed by atoms with E-state index >= 15 is 0 Å². The summed E-state index contributed by atoms with van der Waals surface area (Å²) in [6.07, 6.45) is 0. The third-order valence-electron chi connectivity index (χ3n) is 6.15. The molecule has 0 aliphatic rings. The lowest BCUT2D eigenvalue weighted by molar-refractivity contribution is -0.139. The Hall–Kier alpha value is -3.76. The Morgan fingerprint density at radius 2 is 1.38 bits per heavy atom. The van der Waals surface area contributed by atoms with E-state index in [4.69, 9.17) is 21.1 Å². The maximum absolute atomic E-state index is 13.9. The van der Waals surface area contributed by atoms with E-state index in [2.05, 4.69) is 5.32 Å². The number of sulfonamides is 1. The number of benzene rings is 3. The molecule has 1 unspecified atom stereocenters. The Kier molecular flexibility index (Phi) is 10.4. The first kappa shape index (κ1) is 30.8. The first-order valence-electron chi connectivity index (χ1n) is 12.6. The van der Waals surface area contributed by atoms with Crippen molar-refractivity contribution in [3.05, 3.63) is 83.4 Å². The van der Waals surface area contributed by atoms with Crippen molar-refractivity contribution in [2.45, 2.75) is 44.3 Å². The van der Waals surface area contributed by atoms with E-state index in [1.54, 1.807) is 50.4 Å². The summed E-state index contributed by atoms with van der Waals surface area (Å²) in [5.41, 5.74) is 0.992. The lowest BCUT2D eigenvalue weighted by atomic mass is 10.1. The normalized spacial score (nSPS) is 12.0. The van der Waals surface area contributed by atoms with Gasteiger partial charge in [0.2, 0.25) is 11.8 Å². The third kappa shape index (κ3) is 7.67. The first-order chi connectivity index (χ1) is 19.0. The number of anilines is 1. The Bertz CT molecular complexity index is 1400. The highest BCUT2D eigenvalue weighted by atomic mass is 35.5. The van der Waals surface area contributed by atoms with Crippen LogP contribution in [0, 0.1) is 0 Å². The molecule has 0 spiro atoms. The van der Waals surface area contributed by atoms with Crippen LogP contribution in [-0.4, -0.2) is 58.0 Å². The predicted octanol–water partition coefficient (Wildman–Crippen LogP) is 4.49. The van der Waals surface area contributed by atoms with Gasteiger partial charge in [0.1, 0.15) is 24.1 Å². The molecule has 3 rings (SSSR count).